The van der Waals surface area contributed by atoms with E-state index in [-0.39, 0.29) is 34.5 Å². The molecule has 1 aliphatic rings. The van der Waals surface area contributed by atoms with E-state index in [4.69, 9.17) is 25.3 Å². The highest BCUT2D eigenvalue weighted by molar-refractivity contribution is 14.1. The first-order valence-corrected chi connectivity index (χ1v) is 14.8. The van der Waals surface area contributed by atoms with E-state index in [1.807, 2.05) is 29.5 Å². The average Bonchev–Trinajstić information content (AvgIpc) is 3.14. The van der Waals surface area contributed by atoms with Crippen molar-refractivity contribution in [3.8, 4) is 17.2 Å². The van der Waals surface area contributed by atoms with Crippen molar-refractivity contribution in [1.29, 1.82) is 0 Å². The normalized spacial score (nSPS) is 14.7. The molecule has 0 spiro atoms. The molecule has 0 bridgehead atoms. The SMILES string of the molecule is COc1cc(/C=C2\SC(=O)N(CCOc3ccccc3Cl)C2=O)cc(I)c1OS(=O)(=O)c1ccc(C)cc1. The fourth-order valence-electron chi connectivity index (χ4n) is 3.42. The number of carbonyl (C=O) groups excluding carboxylic acids is 2. The predicted molar refractivity (Wildman–Crippen MR) is 154 cm³/mol. The molecule has 0 aliphatic carbocycles. The van der Waals surface area contributed by atoms with Gasteiger partial charge in [0.2, 0.25) is 0 Å². The van der Waals surface area contributed by atoms with E-state index in [1.165, 1.54) is 25.3 Å². The first-order valence-electron chi connectivity index (χ1n) is 11.1. The van der Waals surface area contributed by atoms with Gasteiger partial charge in [0.25, 0.3) is 11.1 Å². The summed E-state index contributed by atoms with van der Waals surface area (Å²) in [5.41, 5.74) is 1.45. The number of hydrogen-bond donors (Lipinski definition) is 0. The molecule has 8 nitrogen and oxygen atoms in total. The van der Waals surface area contributed by atoms with Crippen molar-refractivity contribution in [2.24, 2.45) is 0 Å². The predicted octanol–water partition coefficient (Wildman–Crippen LogP) is 6.14. The number of hydrogen-bond acceptors (Lipinski definition) is 8. The average molecular weight is 686 g/mol. The number of imide groups is 1. The summed E-state index contributed by atoms with van der Waals surface area (Å²) < 4.78 is 42.4. The molecule has 198 valence electrons. The molecule has 38 heavy (non-hydrogen) atoms. The van der Waals surface area contributed by atoms with Crippen molar-refractivity contribution < 1.29 is 31.7 Å². The van der Waals surface area contributed by atoms with Gasteiger partial charge in [-0.2, -0.15) is 8.42 Å². The highest BCUT2D eigenvalue weighted by Crippen LogP contribution is 2.38. The maximum atomic E-state index is 12.9. The minimum Gasteiger partial charge on any atom is -0.493 e. The molecule has 1 fully saturated rings. The zero-order valence-corrected chi connectivity index (χ0v) is 24.7. The van der Waals surface area contributed by atoms with Crippen molar-refractivity contribution in [2.75, 3.05) is 20.3 Å². The molecule has 0 aromatic heterocycles. The summed E-state index contributed by atoms with van der Waals surface area (Å²) in [5.74, 6) is 0.186. The minimum absolute atomic E-state index is 0.0113. The van der Waals surface area contributed by atoms with Crippen LogP contribution in [0.1, 0.15) is 11.1 Å². The van der Waals surface area contributed by atoms with Gasteiger partial charge in [-0.05, 0) is 89.3 Å². The van der Waals surface area contributed by atoms with Crippen molar-refractivity contribution >= 4 is 73.3 Å². The third-order valence-electron chi connectivity index (χ3n) is 5.33. The van der Waals surface area contributed by atoms with Crippen LogP contribution < -0.4 is 13.7 Å². The Balaban J connectivity index is 1.50. The highest BCUT2D eigenvalue weighted by atomic mass is 127. The zero-order valence-electron chi connectivity index (χ0n) is 20.1. The van der Waals surface area contributed by atoms with Gasteiger partial charge in [0, 0.05) is 0 Å². The van der Waals surface area contributed by atoms with Gasteiger partial charge >= 0.3 is 10.1 Å². The van der Waals surface area contributed by atoms with Crippen molar-refractivity contribution in [1.82, 2.24) is 4.90 Å². The lowest BCUT2D eigenvalue weighted by molar-refractivity contribution is -0.123. The number of aryl methyl sites for hydroxylation is 1. The number of amides is 2. The van der Waals surface area contributed by atoms with Gasteiger partial charge in [-0.1, -0.05) is 41.4 Å². The van der Waals surface area contributed by atoms with Crippen LogP contribution in [0.2, 0.25) is 5.02 Å². The van der Waals surface area contributed by atoms with E-state index in [2.05, 4.69) is 0 Å². The summed E-state index contributed by atoms with van der Waals surface area (Å²) in [4.78, 5) is 26.7. The lowest BCUT2D eigenvalue weighted by Crippen LogP contribution is -2.32. The Morgan fingerprint density at radius 3 is 2.45 bits per heavy atom. The Labute approximate surface area is 243 Å². The van der Waals surface area contributed by atoms with Crippen LogP contribution in [0.5, 0.6) is 17.2 Å². The number of methoxy groups -OCH3 is 1. The standard InChI is InChI=1S/C26H21ClINO7S2/c1-16-7-9-18(10-8-16)38(32,33)36-24-20(28)13-17(14-22(24)34-2)15-23-25(30)29(26(31)37-23)11-12-35-21-6-4-3-5-19(21)27/h3-10,13-15H,11-12H2,1-2H3/b23-15-. The molecule has 12 heteroatoms. The number of carbonyl (C=O) groups is 2. The van der Waals surface area contributed by atoms with Crippen LogP contribution in [0.4, 0.5) is 4.79 Å². The highest BCUT2D eigenvalue weighted by Gasteiger charge is 2.35. The number of ether oxygens (including phenoxy) is 2. The molecule has 0 atom stereocenters. The smallest absolute Gasteiger partial charge is 0.339 e. The lowest BCUT2D eigenvalue weighted by Gasteiger charge is -2.14. The van der Waals surface area contributed by atoms with Crippen LogP contribution in [-0.4, -0.2) is 44.7 Å². The summed E-state index contributed by atoms with van der Waals surface area (Å²) in [6.45, 7) is 1.99. The Hall–Kier alpha value is -2.74. The maximum absolute atomic E-state index is 12.9. The molecule has 4 rings (SSSR count). The second kappa shape index (κ2) is 12.0. The van der Waals surface area contributed by atoms with Crippen LogP contribution >= 0.6 is 46.0 Å². The molecule has 0 radical (unpaired) electrons. The van der Waals surface area contributed by atoms with E-state index in [9.17, 15) is 18.0 Å². The van der Waals surface area contributed by atoms with Crippen molar-refractivity contribution in [2.45, 2.75) is 11.8 Å². The Kier molecular flexibility index (Phi) is 8.91. The van der Waals surface area contributed by atoms with Gasteiger partial charge in [-0.15, -0.1) is 0 Å². The van der Waals surface area contributed by atoms with E-state index in [0.717, 1.165) is 22.2 Å². The molecule has 1 saturated heterocycles. The third kappa shape index (κ3) is 6.45. The van der Waals surface area contributed by atoms with Crippen LogP contribution in [0.3, 0.4) is 0 Å². The molecule has 1 aliphatic heterocycles. The maximum Gasteiger partial charge on any atom is 0.339 e. The fourth-order valence-corrected chi connectivity index (χ4v) is 6.32. The van der Waals surface area contributed by atoms with E-state index in [1.54, 1.807) is 48.5 Å². The Bertz CT molecular complexity index is 1530. The Morgan fingerprint density at radius 2 is 1.76 bits per heavy atom. The summed E-state index contributed by atoms with van der Waals surface area (Å²) >= 11 is 8.81. The van der Waals surface area contributed by atoms with Gasteiger partial charge in [0.1, 0.15) is 17.3 Å². The minimum atomic E-state index is -4.11. The number of halogens is 2. The largest absolute Gasteiger partial charge is 0.493 e. The van der Waals surface area contributed by atoms with Crippen LogP contribution in [0.25, 0.3) is 6.08 Å². The van der Waals surface area contributed by atoms with E-state index < -0.39 is 21.3 Å². The monoisotopic (exact) mass is 685 g/mol. The molecule has 3 aromatic carbocycles. The van der Waals surface area contributed by atoms with Gasteiger partial charge in [-0.3, -0.25) is 14.5 Å². The molecule has 1 heterocycles. The molecule has 2 amide bonds. The third-order valence-corrected chi connectivity index (χ3v) is 8.59. The van der Waals surface area contributed by atoms with Crippen LogP contribution in [-0.2, 0) is 14.9 Å². The second-order valence-corrected chi connectivity index (χ2v) is 12.1. The quantitative estimate of drug-likeness (QED) is 0.151. The van der Waals surface area contributed by atoms with Gasteiger partial charge in [0.15, 0.2) is 11.5 Å². The second-order valence-electron chi connectivity index (χ2n) is 8.00. The summed E-state index contributed by atoms with van der Waals surface area (Å²) in [7, 11) is -2.72. The summed E-state index contributed by atoms with van der Waals surface area (Å²) in [6.07, 6.45) is 1.54. The summed E-state index contributed by atoms with van der Waals surface area (Å²) in [6, 6.07) is 16.4. The number of thioether (sulfide) groups is 1. The topological polar surface area (TPSA) is 99.2 Å². The number of rotatable bonds is 9. The van der Waals surface area contributed by atoms with Crippen molar-refractivity contribution in [3.63, 3.8) is 0 Å². The first-order chi connectivity index (χ1) is 18.1. The van der Waals surface area contributed by atoms with Gasteiger partial charge < -0.3 is 13.7 Å². The summed E-state index contributed by atoms with van der Waals surface area (Å²) in [5, 5.41) is 0.0130. The Morgan fingerprint density at radius 1 is 1.05 bits per heavy atom. The molecule has 0 saturated carbocycles. The number of para-hydroxylation sites is 1. The van der Waals surface area contributed by atoms with Gasteiger partial charge in [0.05, 0.1) is 27.2 Å². The molecule has 0 unspecified atom stereocenters. The van der Waals surface area contributed by atoms with Crippen LogP contribution in [0, 0.1) is 10.5 Å². The molecule has 3 aromatic rings. The van der Waals surface area contributed by atoms with Crippen LogP contribution in [0.15, 0.2) is 70.5 Å². The number of benzene rings is 3. The molecular formula is C26H21ClINO7S2. The first kappa shape index (κ1) is 28.3. The molecular weight excluding hydrogens is 665 g/mol. The van der Waals surface area contributed by atoms with Gasteiger partial charge in [-0.25, -0.2) is 0 Å². The van der Waals surface area contributed by atoms with E-state index in [0.29, 0.717) is 19.9 Å². The fraction of sp³-hybridized carbons (Fsp3) is 0.154. The lowest BCUT2D eigenvalue weighted by atomic mass is 10.2. The number of nitrogens with zero attached hydrogens (tertiary/aromatic N) is 1. The van der Waals surface area contributed by atoms with Crippen molar-refractivity contribution in [3.05, 3.63) is 85.3 Å². The van der Waals surface area contributed by atoms with E-state index >= 15 is 0 Å². The zero-order chi connectivity index (χ0) is 27.4. The molecule has 0 N–H and O–H groups in total.